The molecule has 2 aromatic carbocycles. The summed E-state index contributed by atoms with van der Waals surface area (Å²) in [5.41, 5.74) is 0.759. The molecule has 1 aliphatic rings. The third-order valence-corrected chi connectivity index (χ3v) is 5.09. The topological polar surface area (TPSA) is 142 Å². The molecule has 12 heteroatoms. The summed E-state index contributed by atoms with van der Waals surface area (Å²) in [6.07, 6.45) is 2.19. The van der Waals surface area contributed by atoms with Crippen molar-refractivity contribution < 1.29 is 28.7 Å². The fourth-order valence-electron chi connectivity index (χ4n) is 2.62. The molecule has 0 radical (unpaired) electrons. The number of methoxy groups -OCH3 is 2. The van der Waals surface area contributed by atoms with E-state index in [0.717, 1.165) is 29.6 Å². The summed E-state index contributed by atoms with van der Waals surface area (Å²) in [6, 6.07) is 12.0. The van der Waals surface area contributed by atoms with Crippen molar-refractivity contribution in [2.45, 2.75) is 6.61 Å². The lowest BCUT2D eigenvalue weighted by Crippen LogP contribution is -2.19. The van der Waals surface area contributed by atoms with Gasteiger partial charge in [0.25, 0.3) is 11.6 Å². The Labute approximate surface area is 192 Å². The molecule has 1 fully saturated rings. The van der Waals surface area contributed by atoms with Crippen molar-refractivity contribution >= 4 is 40.7 Å². The normalized spacial score (nSPS) is 15.6. The lowest BCUT2D eigenvalue weighted by atomic mass is 10.1. The number of nitro groups is 1. The smallest absolute Gasteiger partial charge is 0.331 e. The standard InChI is InChI=1S/C21H18N4O7S/c1-30-16-9-15(25(28)29)14(8-17(16)32-12-13-6-4-3-5-7-13)11-22-24-21-23-20(27)18(33-21)10-19(26)31-2/h3-11H,12H2,1-2H3,(H,23,24,27)/b18-10+,22-11?. The van der Waals surface area contributed by atoms with Gasteiger partial charge in [0.15, 0.2) is 16.7 Å². The highest BCUT2D eigenvalue weighted by Crippen LogP contribution is 2.34. The number of thioether (sulfide) groups is 1. The fraction of sp³-hybridized carbons (Fsp3) is 0.143. The highest BCUT2D eigenvalue weighted by molar-refractivity contribution is 8.18. The molecular weight excluding hydrogens is 452 g/mol. The Bertz CT molecular complexity index is 1160. The molecular formula is C21H18N4O7S. The molecule has 1 aliphatic heterocycles. The third kappa shape index (κ3) is 6.17. The predicted octanol–water partition coefficient (Wildman–Crippen LogP) is 2.79. The number of amides is 1. The van der Waals surface area contributed by atoms with Gasteiger partial charge in [-0.1, -0.05) is 30.3 Å². The van der Waals surface area contributed by atoms with Gasteiger partial charge in [0.2, 0.25) is 0 Å². The molecule has 3 rings (SSSR count). The van der Waals surface area contributed by atoms with E-state index in [1.54, 1.807) is 0 Å². The van der Waals surface area contributed by atoms with Crippen molar-refractivity contribution in [1.29, 1.82) is 0 Å². The van der Waals surface area contributed by atoms with Crippen molar-refractivity contribution in [2.24, 2.45) is 10.2 Å². The van der Waals surface area contributed by atoms with E-state index in [1.807, 2.05) is 30.3 Å². The molecule has 170 valence electrons. The fourth-order valence-corrected chi connectivity index (χ4v) is 3.36. The highest BCUT2D eigenvalue weighted by Gasteiger charge is 2.25. The average molecular weight is 470 g/mol. The molecule has 0 bridgehead atoms. The maximum atomic E-state index is 11.9. The van der Waals surface area contributed by atoms with Crippen LogP contribution in [0.2, 0.25) is 0 Å². The molecule has 11 nitrogen and oxygen atoms in total. The SMILES string of the molecule is COC(=O)/C=C1/S/C(=N\N=Cc2cc(OCc3ccccc3)c(OC)cc2[N+](=O)[O-])NC1=O. The van der Waals surface area contributed by atoms with Crippen molar-refractivity contribution in [1.82, 2.24) is 5.32 Å². The number of hydrogen-bond acceptors (Lipinski definition) is 10. The second kappa shape index (κ2) is 10.9. The van der Waals surface area contributed by atoms with E-state index in [-0.39, 0.29) is 39.4 Å². The first kappa shape index (κ1) is 23.5. The first-order valence-corrected chi connectivity index (χ1v) is 10.2. The Hall–Kier alpha value is -4.19. The van der Waals surface area contributed by atoms with E-state index in [4.69, 9.17) is 9.47 Å². The summed E-state index contributed by atoms with van der Waals surface area (Å²) in [5.74, 6) is -0.745. The molecule has 1 saturated heterocycles. The summed E-state index contributed by atoms with van der Waals surface area (Å²) >= 11 is 0.880. The van der Waals surface area contributed by atoms with Crippen molar-refractivity contribution in [3.8, 4) is 11.5 Å². The number of benzene rings is 2. The van der Waals surface area contributed by atoms with E-state index in [2.05, 4.69) is 20.3 Å². The van der Waals surface area contributed by atoms with Crippen LogP contribution in [0.4, 0.5) is 5.69 Å². The number of nitro benzene ring substituents is 1. The number of esters is 1. The van der Waals surface area contributed by atoms with Crippen LogP contribution in [0.25, 0.3) is 0 Å². The van der Waals surface area contributed by atoms with Crippen LogP contribution in [-0.4, -0.2) is 42.4 Å². The Balaban J connectivity index is 1.83. The van der Waals surface area contributed by atoms with Gasteiger partial charge in [0, 0.05) is 6.08 Å². The Morgan fingerprint density at radius 2 is 1.97 bits per heavy atom. The minimum Gasteiger partial charge on any atom is -0.493 e. The molecule has 0 aliphatic carbocycles. The third-order valence-electron chi connectivity index (χ3n) is 4.19. The van der Waals surface area contributed by atoms with Crippen LogP contribution in [0.15, 0.2) is 63.6 Å². The van der Waals surface area contributed by atoms with Gasteiger partial charge in [-0.15, -0.1) is 5.10 Å². The molecule has 33 heavy (non-hydrogen) atoms. The molecule has 1 amide bonds. The number of rotatable bonds is 8. The Morgan fingerprint density at radius 1 is 1.21 bits per heavy atom. The van der Waals surface area contributed by atoms with Gasteiger partial charge >= 0.3 is 5.97 Å². The molecule has 0 unspecified atom stereocenters. The monoisotopic (exact) mass is 470 g/mol. The number of carbonyl (C=O) groups excluding carboxylic acids is 2. The summed E-state index contributed by atoms with van der Waals surface area (Å²) < 4.78 is 15.5. The number of ether oxygens (including phenoxy) is 3. The minimum atomic E-state index is -0.686. The van der Waals surface area contributed by atoms with E-state index in [1.165, 1.54) is 26.4 Å². The first-order valence-electron chi connectivity index (χ1n) is 9.34. The number of amidine groups is 1. The minimum absolute atomic E-state index is 0.0860. The Morgan fingerprint density at radius 3 is 2.64 bits per heavy atom. The van der Waals surface area contributed by atoms with Crippen LogP contribution < -0.4 is 14.8 Å². The lowest BCUT2D eigenvalue weighted by molar-refractivity contribution is -0.385. The van der Waals surface area contributed by atoms with Gasteiger partial charge in [-0.3, -0.25) is 20.2 Å². The van der Waals surface area contributed by atoms with Gasteiger partial charge in [-0.2, -0.15) is 5.10 Å². The second-order valence-electron chi connectivity index (χ2n) is 6.33. The highest BCUT2D eigenvalue weighted by atomic mass is 32.2. The van der Waals surface area contributed by atoms with Crippen molar-refractivity contribution in [3.05, 3.63) is 74.7 Å². The van der Waals surface area contributed by atoms with E-state index >= 15 is 0 Å². The van der Waals surface area contributed by atoms with Gasteiger partial charge in [0.05, 0.1) is 41.9 Å². The molecule has 0 saturated carbocycles. The zero-order valence-corrected chi connectivity index (χ0v) is 18.3. The number of hydrogen-bond donors (Lipinski definition) is 1. The predicted molar refractivity (Wildman–Crippen MR) is 121 cm³/mol. The van der Waals surface area contributed by atoms with Gasteiger partial charge in [0.1, 0.15) is 6.61 Å². The van der Waals surface area contributed by atoms with E-state index < -0.39 is 16.8 Å². The summed E-state index contributed by atoms with van der Waals surface area (Å²) in [7, 11) is 2.57. The number of nitrogens with zero attached hydrogens (tertiary/aromatic N) is 3. The summed E-state index contributed by atoms with van der Waals surface area (Å²) in [6.45, 7) is 0.228. The van der Waals surface area contributed by atoms with Gasteiger partial charge < -0.3 is 14.2 Å². The maximum Gasteiger partial charge on any atom is 0.331 e. The lowest BCUT2D eigenvalue weighted by Gasteiger charge is -2.11. The molecule has 0 aromatic heterocycles. The van der Waals surface area contributed by atoms with Crippen LogP contribution in [0.5, 0.6) is 11.5 Å². The maximum absolute atomic E-state index is 11.9. The van der Waals surface area contributed by atoms with Crippen molar-refractivity contribution in [2.75, 3.05) is 14.2 Å². The first-order chi connectivity index (χ1) is 15.9. The van der Waals surface area contributed by atoms with Gasteiger partial charge in [-0.05, 0) is 23.4 Å². The van der Waals surface area contributed by atoms with Crippen LogP contribution in [-0.2, 0) is 20.9 Å². The van der Waals surface area contributed by atoms with E-state index in [0.29, 0.717) is 0 Å². The van der Waals surface area contributed by atoms with Crippen LogP contribution in [0.3, 0.4) is 0 Å². The molecule has 2 aromatic rings. The number of carbonyl (C=O) groups is 2. The zero-order chi connectivity index (χ0) is 23.8. The molecule has 1 heterocycles. The molecule has 0 spiro atoms. The number of nitrogens with one attached hydrogen (secondary N) is 1. The van der Waals surface area contributed by atoms with Crippen LogP contribution in [0, 0.1) is 10.1 Å². The zero-order valence-electron chi connectivity index (χ0n) is 17.5. The largest absolute Gasteiger partial charge is 0.493 e. The Kier molecular flexibility index (Phi) is 7.76. The average Bonchev–Trinajstić information content (AvgIpc) is 3.16. The van der Waals surface area contributed by atoms with Crippen molar-refractivity contribution in [3.63, 3.8) is 0 Å². The van der Waals surface area contributed by atoms with Crippen LogP contribution >= 0.6 is 11.8 Å². The summed E-state index contributed by atoms with van der Waals surface area (Å²) in [4.78, 5) is 34.2. The quantitative estimate of drug-likeness (QED) is 0.204. The molecule has 1 N–H and O–H groups in total. The summed E-state index contributed by atoms with van der Waals surface area (Å²) in [5, 5.41) is 21.7. The van der Waals surface area contributed by atoms with Crippen LogP contribution in [0.1, 0.15) is 11.1 Å². The van der Waals surface area contributed by atoms with Gasteiger partial charge in [-0.25, -0.2) is 4.79 Å². The second-order valence-corrected chi connectivity index (χ2v) is 7.36. The van der Waals surface area contributed by atoms with E-state index in [9.17, 15) is 19.7 Å². The molecule has 0 atom stereocenters.